The van der Waals surface area contributed by atoms with Gasteiger partial charge in [0.15, 0.2) is 0 Å². The van der Waals surface area contributed by atoms with E-state index in [1.54, 1.807) is 10.4 Å². The molecule has 0 fully saturated rings. The molecule has 0 aliphatic carbocycles. The van der Waals surface area contributed by atoms with Gasteiger partial charge in [0.05, 0.1) is 4.90 Å². The monoisotopic (exact) mass is 332 g/mol. The van der Waals surface area contributed by atoms with Gasteiger partial charge >= 0.3 is 0 Å². The van der Waals surface area contributed by atoms with Crippen LogP contribution in [0.3, 0.4) is 0 Å². The van der Waals surface area contributed by atoms with E-state index in [1.807, 2.05) is 19.2 Å². The van der Waals surface area contributed by atoms with E-state index in [-0.39, 0.29) is 0 Å². The van der Waals surface area contributed by atoms with E-state index in [2.05, 4.69) is 19.2 Å². The van der Waals surface area contributed by atoms with E-state index in [0.29, 0.717) is 30.4 Å². The Labute approximate surface area is 133 Å². The molecule has 0 bridgehead atoms. The molecule has 1 aromatic rings. The van der Waals surface area contributed by atoms with E-state index in [0.717, 1.165) is 24.3 Å². The van der Waals surface area contributed by atoms with E-state index in [4.69, 9.17) is 0 Å². The molecule has 0 aliphatic rings. The minimum Gasteiger partial charge on any atom is -0.312 e. The van der Waals surface area contributed by atoms with Crippen LogP contribution in [0.2, 0.25) is 0 Å². The molecule has 0 saturated heterocycles. The van der Waals surface area contributed by atoms with Crippen LogP contribution in [0.1, 0.15) is 45.4 Å². The van der Waals surface area contributed by atoms with Gasteiger partial charge in [0, 0.05) is 24.5 Å². The first-order chi connectivity index (χ1) is 10.0. The summed E-state index contributed by atoms with van der Waals surface area (Å²) in [7, 11) is -3.38. The highest BCUT2D eigenvalue weighted by molar-refractivity contribution is 7.89. The number of nitrogens with one attached hydrogen (secondary N) is 1. The zero-order valence-electron chi connectivity index (χ0n) is 13.6. The maximum atomic E-state index is 12.9. The van der Waals surface area contributed by atoms with Crippen molar-refractivity contribution < 1.29 is 8.42 Å². The smallest absolute Gasteiger partial charge is 0.244 e. The van der Waals surface area contributed by atoms with Crippen LogP contribution in [-0.4, -0.2) is 32.4 Å². The van der Waals surface area contributed by atoms with Gasteiger partial charge in [-0.2, -0.15) is 4.31 Å². The molecule has 0 spiro atoms. The fourth-order valence-corrected chi connectivity index (χ4v) is 5.21. The number of sulfonamides is 1. The van der Waals surface area contributed by atoms with Crippen molar-refractivity contribution in [2.45, 2.75) is 52.0 Å². The van der Waals surface area contributed by atoms with Crippen LogP contribution in [0.25, 0.3) is 0 Å². The molecule has 122 valence electrons. The zero-order valence-corrected chi connectivity index (χ0v) is 15.2. The summed E-state index contributed by atoms with van der Waals surface area (Å²) < 4.78 is 27.4. The van der Waals surface area contributed by atoms with E-state index in [1.165, 1.54) is 11.3 Å². The van der Waals surface area contributed by atoms with Gasteiger partial charge in [0.2, 0.25) is 10.0 Å². The molecular formula is C15H28N2O2S2. The largest absolute Gasteiger partial charge is 0.312 e. The van der Waals surface area contributed by atoms with Gasteiger partial charge in [-0.3, -0.25) is 0 Å². The second-order valence-electron chi connectivity index (χ2n) is 5.13. The normalized spacial score (nSPS) is 12.5. The van der Waals surface area contributed by atoms with E-state index in [9.17, 15) is 8.42 Å². The lowest BCUT2D eigenvalue weighted by molar-refractivity contribution is 0.339. The van der Waals surface area contributed by atoms with Crippen LogP contribution in [0.5, 0.6) is 0 Å². The van der Waals surface area contributed by atoms with Gasteiger partial charge in [-0.05, 0) is 23.9 Å². The van der Waals surface area contributed by atoms with Crippen LogP contribution >= 0.6 is 11.3 Å². The molecule has 0 amide bonds. The topological polar surface area (TPSA) is 49.4 Å². The Morgan fingerprint density at radius 3 is 2.43 bits per heavy atom. The molecule has 1 aromatic heterocycles. The minimum atomic E-state index is -3.38. The molecule has 0 aliphatic heterocycles. The number of hydrogen-bond acceptors (Lipinski definition) is 4. The quantitative estimate of drug-likeness (QED) is 0.715. The summed E-state index contributed by atoms with van der Waals surface area (Å²) in [5, 5.41) is 5.08. The van der Waals surface area contributed by atoms with Gasteiger partial charge < -0.3 is 5.32 Å². The minimum absolute atomic E-state index is 0.426. The van der Waals surface area contributed by atoms with Crippen LogP contribution < -0.4 is 5.32 Å². The summed E-state index contributed by atoms with van der Waals surface area (Å²) in [4.78, 5) is 1.38. The van der Waals surface area contributed by atoms with E-state index < -0.39 is 10.0 Å². The molecular weight excluding hydrogens is 304 g/mol. The van der Waals surface area contributed by atoms with Crippen molar-refractivity contribution in [3.05, 3.63) is 16.3 Å². The maximum absolute atomic E-state index is 12.9. The zero-order chi connectivity index (χ0) is 15.9. The lowest BCUT2D eigenvalue weighted by Crippen LogP contribution is -2.35. The summed E-state index contributed by atoms with van der Waals surface area (Å²) in [5.41, 5.74) is 0. The third-order valence-electron chi connectivity index (χ3n) is 3.83. The Morgan fingerprint density at radius 1 is 1.24 bits per heavy atom. The van der Waals surface area contributed by atoms with Crippen LogP contribution in [0.15, 0.2) is 16.3 Å². The average molecular weight is 333 g/mol. The average Bonchev–Trinajstić information content (AvgIpc) is 2.95. The standard InChI is InChI=1S/C15H28N2O2S2/c1-5-13(6-2)12-17(8-4)21(18,19)15-9-10-20-14(15)11-16-7-3/h9-10,13,16H,5-8,11-12H2,1-4H3. The Bertz CT molecular complexity index is 507. The Kier molecular flexibility index (Phi) is 7.87. The highest BCUT2D eigenvalue weighted by Gasteiger charge is 2.27. The van der Waals surface area contributed by atoms with Crippen molar-refractivity contribution in [1.29, 1.82) is 0 Å². The Morgan fingerprint density at radius 2 is 1.90 bits per heavy atom. The fraction of sp³-hybridized carbons (Fsp3) is 0.733. The molecule has 21 heavy (non-hydrogen) atoms. The number of thiophene rings is 1. The molecule has 0 unspecified atom stereocenters. The molecule has 0 saturated carbocycles. The van der Waals surface area contributed by atoms with Crippen molar-refractivity contribution in [1.82, 2.24) is 9.62 Å². The summed E-state index contributed by atoms with van der Waals surface area (Å²) in [6.45, 7) is 10.8. The van der Waals surface area contributed by atoms with Crippen molar-refractivity contribution in [2.24, 2.45) is 5.92 Å². The molecule has 1 rings (SSSR count). The lowest BCUT2D eigenvalue weighted by Gasteiger charge is -2.25. The molecule has 1 N–H and O–H groups in total. The molecule has 1 heterocycles. The van der Waals surface area contributed by atoms with Crippen molar-refractivity contribution in [3.63, 3.8) is 0 Å². The molecule has 4 nitrogen and oxygen atoms in total. The summed E-state index contributed by atoms with van der Waals surface area (Å²) in [5.74, 6) is 0.426. The van der Waals surface area contributed by atoms with Crippen molar-refractivity contribution in [2.75, 3.05) is 19.6 Å². The van der Waals surface area contributed by atoms with Crippen molar-refractivity contribution >= 4 is 21.4 Å². The first kappa shape index (κ1) is 18.6. The highest BCUT2D eigenvalue weighted by atomic mass is 32.2. The van der Waals surface area contributed by atoms with Crippen LogP contribution in [0, 0.1) is 5.92 Å². The van der Waals surface area contributed by atoms with Crippen molar-refractivity contribution in [3.8, 4) is 0 Å². The maximum Gasteiger partial charge on any atom is 0.244 e. The van der Waals surface area contributed by atoms with Gasteiger partial charge in [0.25, 0.3) is 0 Å². The first-order valence-corrected chi connectivity index (χ1v) is 10.1. The molecule has 6 heteroatoms. The Hall–Kier alpha value is -0.430. The van der Waals surface area contributed by atoms with Gasteiger partial charge in [-0.25, -0.2) is 8.42 Å². The summed E-state index contributed by atoms with van der Waals surface area (Å²) in [6.07, 6.45) is 2.02. The van der Waals surface area contributed by atoms with Gasteiger partial charge in [-0.15, -0.1) is 11.3 Å². The lowest BCUT2D eigenvalue weighted by atomic mass is 10.0. The first-order valence-electron chi connectivity index (χ1n) is 7.78. The fourth-order valence-electron chi connectivity index (χ4n) is 2.30. The summed E-state index contributed by atoms with van der Waals surface area (Å²) >= 11 is 1.51. The predicted octanol–water partition coefficient (Wildman–Crippen LogP) is 3.30. The van der Waals surface area contributed by atoms with Crippen LogP contribution in [-0.2, 0) is 16.6 Å². The highest BCUT2D eigenvalue weighted by Crippen LogP contribution is 2.26. The van der Waals surface area contributed by atoms with Gasteiger partial charge in [0.1, 0.15) is 0 Å². The molecule has 0 radical (unpaired) electrons. The predicted molar refractivity (Wildman–Crippen MR) is 90.2 cm³/mol. The number of nitrogens with zero attached hydrogens (tertiary/aromatic N) is 1. The van der Waals surface area contributed by atoms with Crippen LogP contribution in [0.4, 0.5) is 0 Å². The second kappa shape index (κ2) is 8.88. The number of hydrogen-bond donors (Lipinski definition) is 1. The molecule has 0 atom stereocenters. The number of rotatable bonds is 10. The second-order valence-corrected chi connectivity index (χ2v) is 8.03. The SMILES string of the molecule is CCNCc1sccc1S(=O)(=O)N(CC)CC(CC)CC. The third-order valence-corrected chi connectivity index (χ3v) is 6.90. The summed E-state index contributed by atoms with van der Waals surface area (Å²) in [6, 6.07) is 1.74. The molecule has 0 aromatic carbocycles. The third kappa shape index (κ3) is 4.77. The Balaban J connectivity index is 2.99. The van der Waals surface area contributed by atoms with E-state index >= 15 is 0 Å². The van der Waals surface area contributed by atoms with Gasteiger partial charge in [-0.1, -0.05) is 40.5 Å².